The van der Waals surface area contributed by atoms with E-state index in [2.05, 4.69) is 20.6 Å². The van der Waals surface area contributed by atoms with Crippen LogP contribution in [0, 0.1) is 0 Å². The third kappa shape index (κ3) is 4.47. The Morgan fingerprint density at radius 2 is 1.57 bits per heavy atom. The summed E-state index contributed by atoms with van der Waals surface area (Å²) in [6.07, 6.45) is 1.45. The lowest BCUT2D eigenvalue weighted by Gasteiger charge is -2.13. The van der Waals surface area contributed by atoms with Gasteiger partial charge < -0.3 is 24.8 Å². The first-order valence-electron chi connectivity index (χ1n) is 8.39. The van der Waals surface area contributed by atoms with E-state index >= 15 is 0 Å². The van der Waals surface area contributed by atoms with Crippen molar-refractivity contribution in [3.63, 3.8) is 0 Å². The Morgan fingerprint density at radius 1 is 0.857 bits per heavy atom. The Hall–Kier alpha value is -3.81. The molecule has 0 saturated heterocycles. The van der Waals surface area contributed by atoms with E-state index in [1.54, 1.807) is 50.6 Å². The van der Waals surface area contributed by atoms with Crippen molar-refractivity contribution >= 4 is 29.0 Å². The standard InChI is InChI=1S/C20H20N4O4/c1-26-15-8-9-16(17(10-15)27-2)24-19-11-18(21-12-22-19)23-14-6-4-13(5-7-14)20(25)28-3/h4-12H,1-3H3,(H2,21,22,23,24). The third-order valence-electron chi connectivity index (χ3n) is 3.92. The number of anilines is 4. The Balaban J connectivity index is 1.75. The van der Waals surface area contributed by atoms with Gasteiger partial charge in [-0.2, -0.15) is 0 Å². The average Bonchev–Trinajstić information content (AvgIpc) is 2.74. The van der Waals surface area contributed by atoms with Crippen LogP contribution < -0.4 is 20.1 Å². The number of nitrogens with one attached hydrogen (secondary N) is 2. The van der Waals surface area contributed by atoms with Crippen LogP contribution in [0.3, 0.4) is 0 Å². The first-order chi connectivity index (χ1) is 13.6. The number of carbonyl (C=O) groups is 1. The maximum Gasteiger partial charge on any atom is 0.337 e. The summed E-state index contributed by atoms with van der Waals surface area (Å²) in [4.78, 5) is 20.0. The molecule has 0 saturated carbocycles. The minimum Gasteiger partial charge on any atom is -0.497 e. The topological polar surface area (TPSA) is 94.6 Å². The van der Waals surface area contributed by atoms with Gasteiger partial charge in [-0.1, -0.05) is 0 Å². The van der Waals surface area contributed by atoms with Crippen LogP contribution in [-0.4, -0.2) is 37.3 Å². The fourth-order valence-electron chi connectivity index (χ4n) is 2.49. The molecule has 0 spiro atoms. The molecule has 2 aromatic carbocycles. The zero-order valence-corrected chi connectivity index (χ0v) is 15.7. The predicted molar refractivity (Wildman–Crippen MR) is 106 cm³/mol. The van der Waals surface area contributed by atoms with Gasteiger partial charge in [0.15, 0.2) is 0 Å². The summed E-state index contributed by atoms with van der Waals surface area (Å²) in [6.45, 7) is 0. The van der Waals surface area contributed by atoms with E-state index in [4.69, 9.17) is 14.2 Å². The maximum atomic E-state index is 11.5. The lowest BCUT2D eigenvalue weighted by Crippen LogP contribution is -2.02. The first-order valence-corrected chi connectivity index (χ1v) is 8.39. The largest absolute Gasteiger partial charge is 0.497 e. The molecular weight excluding hydrogens is 360 g/mol. The number of esters is 1. The third-order valence-corrected chi connectivity index (χ3v) is 3.92. The van der Waals surface area contributed by atoms with E-state index in [0.717, 1.165) is 11.4 Å². The summed E-state index contributed by atoms with van der Waals surface area (Å²) in [5.41, 5.74) is 2.00. The molecule has 0 bridgehead atoms. The molecule has 8 nitrogen and oxygen atoms in total. The smallest absolute Gasteiger partial charge is 0.337 e. The zero-order chi connectivity index (χ0) is 19.9. The van der Waals surface area contributed by atoms with Gasteiger partial charge >= 0.3 is 5.97 Å². The van der Waals surface area contributed by atoms with Gasteiger partial charge in [0.05, 0.1) is 32.6 Å². The average molecular weight is 380 g/mol. The van der Waals surface area contributed by atoms with Crippen LogP contribution in [0.2, 0.25) is 0 Å². The van der Waals surface area contributed by atoms with Crippen LogP contribution in [0.5, 0.6) is 11.5 Å². The van der Waals surface area contributed by atoms with Gasteiger partial charge in [-0.3, -0.25) is 0 Å². The summed E-state index contributed by atoms with van der Waals surface area (Å²) in [5, 5.41) is 6.37. The Labute approximate surface area is 162 Å². The number of nitrogens with zero attached hydrogens (tertiary/aromatic N) is 2. The lowest BCUT2D eigenvalue weighted by atomic mass is 10.2. The quantitative estimate of drug-likeness (QED) is 0.598. The van der Waals surface area contributed by atoms with Crippen molar-refractivity contribution in [3.8, 4) is 11.5 Å². The molecule has 28 heavy (non-hydrogen) atoms. The molecule has 2 N–H and O–H groups in total. The lowest BCUT2D eigenvalue weighted by molar-refractivity contribution is 0.0601. The zero-order valence-electron chi connectivity index (χ0n) is 15.7. The highest BCUT2D eigenvalue weighted by atomic mass is 16.5. The Bertz CT molecular complexity index is 961. The summed E-state index contributed by atoms with van der Waals surface area (Å²) in [7, 11) is 4.54. The van der Waals surface area contributed by atoms with Crippen LogP contribution in [0.4, 0.5) is 23.0 Å². The van der Waals surface area contributed by atoms with Crippen molar-refractivity contribution in [2.75, 3.05) is 32.0 Å². The van der Waals surface area contributed by atoms with Gasteiger partial charge in [-0.25, -0.2) is 14.8 Å². The van der Waals surface area contributed by atoms with Gasteiger partial charge in [-0.15, -0.1) is 0 Å². The van der Waals surface area contributed by atoms with E-state index < -0.39 is 0 Å². The van der Waals surface area contributed by atoms with E-state index in [-0.39, 0.29) is 5.97 Å². The number of carbonyl (C=O) groups excluding carboxylic acids is 1. The van der Waals surface area contributed by atoms with E-state index in [9.17, 15) is 4.79 Å². The highest BCUT2D eigenvalue weighted by Crippen LogP contribution is 2.31. The normalized spacial score (nSPS) is 10.1. The van der Waals surface area contributed by atoms with Gasteiger partial charge in [0.2, 0.25) is 0 Å². The number of hydrogen-bond donors (Lipinski definition) is 2. The molecule has 1 aromatic heterocycles. The van der Waals surface area contributed by atoms with Crippen LogP contribution in [0.15, 0.2) is 54.9 Å². The highest BCUT2D eigenvalue weighted by molar-refractivity contribution is 5.89. The van der Waals surface area contributed by atoms with Crippen molar-refractivity contribution in [3.05, 3.63) is 60.4 Å². The van der Waals surface area contributed by atoms with E-state index in [1.807, 2.05) is 12.1 Å². The molecule has 0 unspecified atom stereocenters. The van der Waals surface area contributed by atoms with Crippen molar-refractivity contribution in [1.29, 1.82) is 0 Å². The number of hydrogen-bond acceptors (Lipinski definition) is 8. The molecule has 8 heteroatoms. The molecular formula is C20H20N4O4. The molecule has 0 atom stereocenters. The molecule has 0 amide bonds. The molecule has 3 rings (SSSR count). The molecule has 3 aromatic rings. The van der Waals surface area contributed by atoms with Crippen molar-refractivity contribution in [2.24, 2.45) is 0 Å². The predicted octanol–water partition coefficient (Wildman–Crippen LogP) is 3.77. The number of rotatable bonds is 7. The highest BCUT2D eigenvalue weighted by Gasteiger charge is 2.08. The summed E-state index contributed by atoms with van der Waals surface area (Å²) >= 11 is 0. The van der Waals surface area contributed by atoms with Crippen molar-refractivity contribution < 1.29 is 19.0 Å². The summed E-state index contributed by atoms with van der Waals surface area (Å²) in [5.74, 6) is 2.13. The van der Waals surface area contributed by atoms with Crippen molar-refractivity contribution in [1.82, 2.24) is 9.97 Å². The van der Waals surface area contributed by atoms with E-state index in [0.29, 0.717) is 28.7 Å². The van der Waals surface area contributed by atoms with Crippen LogP contribution in [-0.2, 0) is 4.74 Å². The molecule has 144 valence electrons. The molecule has 0 aliphatic carbocycles. The van der Waals surface area contributed by atoms with Crippen LogP contribution >= 0.6 is 0 Å². The van der Waals surface area contributed by atoms with Gasteiger partial charge in [0, 0.05) is 17.8 Å². The number of aromatic nitrogens is 2. The molecule has 1 heterocycles. The second-order valence-corrected chi connectivity index (χ2v) is 5.67. The van der Waals surface area contributed by atoms with Gasteiger partial charge in [-0.05, 0) is 36.4 Å². The Kier molecular flexibility index (Phi) is 5.91. The van der Waals surface area contributed by atoms with Crippen LogP contribution in [0.1, 0.15) is 10.4 Å². The molecule has 0 aliphatic heterocycles. The summed E-state index contributed by atoms with van der Waals surface area (Å²) < 4.78 is 15.3. The molecule has 0 aliphatic rings. The monoisotopic (exact) mass is 380 g/mol. The second kappa shape index (κ2) is 8.72. The molecule has 0 fully saturated rings. The fourth-order valence-corrected chi connectivity index (χ4v) is 2.49. The second-order valence-electron chi connectivity index (χ2n) is 5.67. The van der Waals surface area contributed by atoms with Crippen molar-refractivity contribution in [2.45, 2.75) is 0 Å². The minimum absolute atomic E-state index is 0.381. The first kappa shape index (κ1) is 19.0. The maximum absolute atomic E-state index is 11.5. The summed E-state index contributed by atoms with van der Waals surface area (Å²) in [6, 6.07) is 14.1. The Morgan fingerprint density at radius 3 is 2.21 bits per heavy atom. The van der Waals surface area contributed by atoms with Gasteiger partial charge in [0.1, 0.15) is 29.5 Å². The minimum atomic E-state index is -0.381. The van der Waals surface area contributed by atoms with Gasteiger partial charge in [0.25, 0.3) is 0 Å². The van der Waals surface area contributed by atoms with Crippen LogP contribution in [0.25, 0.3) is 0 Å². The fraction of sp³-hybridized carbons (Fsp3) is 0.150. The number of benzene rings is 2. The molecule has 0 radical (unpaired) electrons. The van der Waals surface area contributed by atoms with E-state index in [1.165, 1.54) is 13.4 Å². The SMILES string of the molecule is COC(=O)c1ccc(Nc2cc(Nc3ccc(OC)cc3OC)ncn2)cc1. The number of methoxy groups -OCH3 is 3. The number of ether oxygens (including phenoxy) is 3.